The number of benzene rings is 1. The zero-order valence-corrected chi connectivity index (χ0v) is 16.6. The highest BCUT2D eigenvalue weighted by atomic mass is 79.9. The predicted octanol–water partition coefficient (Wildman–Crippen LogP) is 7.11. The lowest BCUT2D eigenvalue weighted by molar-refractivity contribution is -0.137. The molecule has 0 N–H and O–H groups in total. The van der Waals surface area contributed by atoms with Crippen molar-refractivity contribution in [1.82, 2.24) is 9.78 Å². The van der Waals surface area contributed by atoms with Crippen LogP contribution >= 0.6 is 55.1 Å². The minimum absolute atomic E-state index is 0.0834. The molecule has 1 aliphatic carbocycles. The third kappa shape index (κ3) is 3.70. The van der Waals surface area contributed by atoms with Gasteiger partial charge in [0.2, 0.25) is 0 Å². The van der Waals surface area contributed by atoms with Crippen molar-refractivity contribution in [2.75, 3.05) is 0 Å². The van der Waals surface area contributed by atoms with Gasteiger partial charge >= 0.3 is 6.18 Å². The monoisotopic (exact) mass is 526 g/mol. The van der Waals surface area contributed by atoms with Gasteiger partial charge in [-0.3, -0.25) is 0 Å². The van der Waals surface area contributed by atoms with Crippen molar-refractivity contribution in [3.8, 4) is 5.69 Å². The molecule has 1 aromatic heterocycles. The molecule has 1 fully saturated rings. The van der Waals surface area contributed by atoms with Crippen molar-refractivity contribution in [3.05, 3.63) is 45.2 Å². The molecule has 0 bridgehead atoms. The normalized spacial score (nSPS) is 19.5. The summed E-state index contributed by atoms with van der Waals surface area (Å²) in [6.45, 7) is 0. The molecule has 1 atom stereocenters. The van der Waals surface area contributed by atoms with Crippen LogP contribution in [0.2, 0.25) is 10.0 Å². The molecular weight excluding hydrogens is 522 g/mol. The summed E-state index contributed by atoms with van der Waals surface area (Å²) in [7, 11) is 0. The summed E-state index contributed by atoms with van der Waals surface area (Å²) in [6.07, 6.45) is -5.60. The topological polar surface area (TPSA) is 17.8 Å². The van der Waals surface area contributed by atoms with Crippen LogP contribution in [0.5, 0.6) is 0 Å². The first kappa shape index (κ1) is 19.4. The second-order valence-corrected chi connectivity index (χ2v) is 10.2. The molecule has 1 unspecified atom stereocenters. The molecule has 0 spiro atoms. The van der Waals surface area contributed by atoms with E-state index in [2.05, 4.69) is 37.0 Å². The van der Waals surface area contributed by atoms with E-state index in [0.717, 1.165) is 4.68 Å². The third-order valence-electron chi connectivity index (χ3n) is 3.75. The standard InChI is InChI=1S/C14H7Br2Cl2F5N2/c15-13(16)3-7(13)6-4-25(24-10(6)12(19)20)11-8(17)1-5(2-9(11)18)14(21,22)23/h1-2,4,7,12H,3H2. The summed E-state index contributed by atoms with van der Waals surface area (Å²) in [5.41, 5.74) is -1.30. The van der Waals surface area contributed by atoms with E-state index in [1.807, 2.05) is 0 Å². The van der Waals surface area contributed by atoms with E-state index in [-0.39, 0.29) is 27.2 Å². The number of aromatic nitrogens is 2. The van der Waals surface area contributed by atoms with E-state index in [1.54, 1.807) is 0 Å². The molecule has 1 saturated carbocycles. The van der Waals surface area contributed by atoms with Crippen LogP contribution in [-0.4, -0.2) is 13.0 Å². The molecule has 1 aromatic carbocycles. The first-order valence-corrected chi connectivity index (χ1v) is 9.08. The Labute approximate surface area is 165 Å². The van der Waals surface area contributed by atoms with E-state index in [9.17, 15) is 22.0 Å². The lowest BCUT2D eigenvalue weighted by Crippen LogP contribution is -2.07. The van der Waals surface area contributed by atoms with Gasteiger partial charge in [-0.25, -0.2) is 13.5 Å². The van der Waals surface area contributed by atoms with Crippen LogP contribution in [0.3, 0.4) is 0 Å². The molecule has 3 rings (SSSR count). The van der Waals surface area contributed by atoms with Crippen LogP contribution in [0.4, 0.5) is 22.0 Å². The van der Waals surface area contributed by atoms with Gasteiger partial charge in [0.25, 0.3) is 6.43 Å². The fourth-order valence-corrected chi connectivity index (χ4v) is 4.25. The fourth-order valence-electron chi connectivity index (χ4n) is 2.45. The number of nitrogens with zero attached hydrogens (tertiary/aromatic N) is 2. The highest BCUT2D eigenvalue weighted by Crippen LogP contribution is 2.63. The van der Waals surface area contributed by atoms with Gasteiger partial charge in [-0.2, -0.15) is 18.3 Å². The molecular formula is C14H7Br2Cl2F5N2. The van der Waals surface area contributed by atoms with Crippen LogP contribution in [0.15, 0.2) is 18.3 Å². The molecule has 0 radical (unpaired) electrons. The van der Waals surface area contributed by atoms with Crippen molar-refractivity contribution in [3.63, 3.8) is 0 Å². The number of hydrogen-bond acceptors (Lipinski definition) is 1. The van der Waals surface area contributed by atoms with Crippen LogP contribution in [0.25, 0.3) is 5.69 Å². The number of alkyl halides is 7. The van der Waals surface area contributed by atoms with Gasteiger partial charge in [-0.1, -0.05) is 55.1 Å². The minimum atomic E-state index is -4.63. The quantitative estimate of drug-likeness (QED) is 0.307. The maximum atomic E-state index is 13.3. The Morgan fingerprint density at radius 1 is 1.20 bits per heavy atom. The lowest BCUT2D eigenvalue weighted by Gasteiger charge is -2.12. The number of rotatable bonds is 3. The Balaban J connectivity index is 2.10. The largest absolute Gasteiger partial charge is 0.416 e. The summed E-state index contributed by atoms with van der Waals surface area (Å²) >= 11 is 18.5. The Kier molecular flexibility index (Phi) is 4.92. The zero-order chi connectivity index (χ0) is 18.7. The van der Waals surface area contributed by atoms with Gasteiger partial charge in [0, 0.05) is 17.7 Å². The van der Waals surface area contributed by atoms with E-state index < -0.39 is 27.1 Å². The average molecular weight is 529 g/mol. The molecule has 0 aliphatic heterocycles. The van der Waals surface area contributed by atoms with Gasteiger partial charge in [0.05, 0.1) is 18.8 Å². The van der Waals surface area contributed by atoms with Crippen LogP contribution in [0, 0.1) is 0 Å². The molecule has 1 heterocycles. The van der Waals surface area contributed by atoms with E-state index in [4.69, 9.17) is 23.2 Å². The second kappa shape index (κ2) is 6.35. The molecule has 2 aromatic rings. The minimum Gasteiger partial charge on any atom is -0.237 e. The number of hydrogen-bond donors (Lipinski definition) is 0. The second-order valence-electron chi connectivity index (χ2n) is 5.52. The van der Waals surface area contributed by atoms with Gasteiger partial charge < -0.3 is 0 Å². The molecule has 136 valence electrons. The Morgan fingerprint density at radius 3 is 2.12 bits per heavy atom. The van der Waals surface area contributed by atoms with Crippen molar-refractivity contribution in [2.24, 2.45) is 0 Å². The van der Waals surface area contributed by atoms with Crippen molar-refractivity contribution >= 4 is 55.1 Å². The van der Waals surface area contributed by atoms with Crippen molar-refractivity contribution in [2.45, 2.75) is 28.2 Å². The SMILES string of the molecule is FC(F)c1nn(-c2c(Cl)cc(C(F)(F)F)cc2Cl)cc1C1CC1(Br)Br. The van der Waals surface area contributed by atoms with Gasteiger partial charge in [0.1, 0.15) is 11.4 Å². The molecule has 0 saturated heterocycles. The summed E-state index contributed by atoms with van der Waals surface area (Å²) in [4.78, 5) is 0. The van der Waals surface area contributed by atoms with Crippen molar-refractivity contribution in [1.29, 1.82) is 0 Å². The maximum absolute atomic E-state index is 13.3. The van der Waals surface area contributed by atoms with Crippen LogP contribution < -0.4 is 0 Å². The summed E-state index contributed by atoms with van der Waals surface area (Å²) in [5.74, 6) is -0.253. The molecule has 0 amide bonds. The van der Waals surface area contributed by atoms with Crippen molar-refractivity contribution < 1.29 is 22.0 Å². The van der Waals surface area contributed by atoms with Crippen LogP contribution in [0.1, 0.15) is 35.6 Å². The van der Waals surface area contributed by atoms with Gasteiger partial charge in [-0.05, 0) is 18.6 Å². The summed E-state index contributed by atoms with van der Waals surface area (Å²) < 4.78 is 65.5. The van der Waals surface area contributed by atoms with Gasteiger partial charge in [0.15, 0.2) is 0 Å². The maximum Gasteiger partial charge on any atom is 0.416 e. The fraction of sp³-hybridized carbons (Fsp3) is 0.357. The molecule has 1 aliphatic rings. The predicted molar refractivity (Wildman–Crippen MR) is 91.5 cm³/mol. The smallest absolute Gasteiger partial charge is 0.237 e. The molecule has 25 heavy (non-hydrogen) atoms. The number of halogens is 9. The highest BCUT2D eigenvalue weighted by Gasteiger charge is 2.53. The third-order valence-corrected chi connectivity index (χ3v) is 6.08. The van der Waals surface area contributed by atoms with Crippen LogP contribution in [-0.2, 0) is 6.18 Å². The molecule has 11 heteroatoms. The highest BCUT2D eigenvalue weighted by molar-refractivity contribution is 9.25. The van der Waals surface area contributed by atoms with E-state index in [1.165, 1.54) is 6.20 Å². The summed E-state index contributed by atoms with van der Waals surface area (Å²) in [5, 5.41) is 3.12. The summed E-state index contributed by atoms with van der Waals surface area (Å²) in [6, 6.07) is 1.37. The lowest BCUT2D eigenvalue weighted by atomic mass is 10.1. The van der Waals surface area contributed by atoms with E-state index in [0.29, 0.717) is 18.6 Å². The Morgan fingerprint density at radius 2 is 1.72 bits per heavy atom. The Bertz CT molecular complexity index is 812. The first-order valence-electron chi connectivity index (χ1n) is 6.74. The molecule has 2 nitrogen and oxygen atoms in total. The Hall–Kier alpha value is -0.380. The van der Waals surface area contributed by atoms with Gasteiger partial charge in [-0.15, -0.1) is 0 Å². The van der Waals surface area contributed by atoms with E-state index >= 15 is 0 Å². The zero-order valence-electron chi connectivity index (χ0n) is 11.9. The first-order chi connectivity index (χ1) is 11.4. The average Bonchev–Trinajstić information content (AvgIpc) is 2.90.